The van der Waals surface area contributed by atoms with Crippen LogP contribution in [0.15, 0.2) is 0 Å². The van der Waals surface area contributed by atoms with E-state index in [-0.39, 0.29) is 24.4 Å². The van der Waals surface area contributed by atoms with Gasteiger partial charge in [0.1, 0.15) is 0 Å². The summed E-state index contributed by atoms with van der Waals surface area (Å²) in [5, 5.41) is 38.0. The van der Waals surface area contributed by atoms with Crippen LogP contribution >= 0.6 is 0 Å². The highest BCUT2D eigenvalue weighted by Crippen LogP contribution is 2.30. The lowest BCUT2D eigenvalue weighted by Gasteiger charge is -2.25. The summed E-state index contributed by atoms with van der Waals surface area (Å²) in [6.07, 6.45) is 1.88. The Balaban J connectivity index is 2.46. The van der Waals surface area contributed by atoms with E-state index in [1.807, 2.05) is 13.0 Å². The molecule has 3 unspecified atom stereocenters. The predicted molar refractivity (Wildman–Crippen MR) is 64.0 cm³/mol. The molecule has 3 N–H and O–H groups in total. The van der Waals surface area contributed by atoms with Crippen LogP contribution in [0.25, 0.3) is 0 Å². The summed E-state index contributed by atoms with van der Waals surface area (Å²) in [4.78, 5) is 0. The zero-order chi connectivity index (χ0) is 12.8. The Labute approximate surface area is 103 Å². The van der Waals surface area contributed by atoms with Gasteiger partial charge in [-0.05, 0) is 43.9 Å². The summed E-state index contributed by atoms with van der Waals surface area (Å²) in [7, 11) is 0. The molecule has 1 aliphatic carbocycles. The molecule has 0 aliphatic heterocycles. The minimum atomic E-state index is -0.815. The maximum Gasteiger partial charge on any atom is 0.0827 e. The smallest absolute Gasteiger partial charge is 0.0827 e. The number of hydrogen-bond donors (Lipinski definition) is 3. The number of aliphatic hydroxyl groups is 3. The summed E-state index contributed by atoms with van der Waals surface area (Å²) in [5.74, 6) is 0.312. The average molecular weight is 241 g/mol. The van der Waals surface area contributed by atoms with Crippen LogP contribution in [-0.4, -0.2) is 33.6 Å². The molecular formula is C13H23NO3. The van der Waals surface area contributed by atoms with E-state index in [1.54, 1.807) is 0 Å². The first-order chi connectivity index (χ1) is 8.06. The molecule has 0 spiro atoms. The van der Waals surface area contributed by atoms with E-state index in [1.165, 1.54) is 0 Å². The molecule has 0 aromatic carbocycles. The second kappa shape index (κ2) is 6.95. The first kappa shape index (κ1) is 14.4. The second-order valence-corrected chi connectivity index (χ2v) is 5.21. The van der Waals surface area contributed by atoms with E-state index >= 15 is 0 Å². The predicted octanol–water partition coefficient (Wildman–Crippen LogP) is 1.20. The quantitative estimate of drug-likeness (QED) is 0.646. The number of nitrogens with zero attached hydrogens (tertiary/aromatic N) is 1. The monoisotopic (exact) mass is 241 g/mol. The molecule has 0 radical (unpaired) electrons. The maximum absolute atomic E-state index is 10.0. The summed E-state index contributed by atoms with van der Waals surface area (Å²) in [5.41, 5.74) is 0. The lowest BCUT2D eigenvalue weighted by atomic mass is 9.89. The van der Waals surface area contributed by atoms with Gasteiger partial charge in [-0.2, -0.15) is 5.26 Å². The molecule has 0 amide bonds. The molecule has 0 heterocycles. The van der Waals surface area contributed by atoms with Crippen LogP contribution < -0.4 is 0 Å². The van der Waals surface area contributed by atoms with Crippen LogP contribution in [0.2, 0.25) is 0 Å². The Kier molecular flexibility index (Phi) is 5.90. The summed E-state index contributed by atoms with van der Waals surface area (Å²) >= 11 is 0. The van der Waals surface area contributed by atoms with Gasteiger partial charge < -0.3 is 15.3 Å². The van der Waals surface area contributed by atoms with Crippen LogP contribution in [0.4, 0.5) is 0 Å². The van der Waals surface area contributed by atoms with Gasteiger partial charge in [0.25, 0.3) is 0 Å². The summed E-state index contributed by atoms with van der Waals surface area (Å²) in [6.45, 7) is 2.02. The van der Waals surface area contributed by atoms with Crippen LogP contribution in [0.5, 0.6) is 0 Å². The van der Waals surface area contributed by atoms with Crippen molar-refractivity contribution in [1.82, 2.24) is 0 Å². The molecule has 1 saturated carbocycles. The van der Waals surface area contributed by atoms with Crippen molar-refractivity contribution in [2.45, 2.75) is 63.8 Å². The van der Waals surface area contributed by atoms with Crippen molar-refractivity contribution >= 4 is 0 Å². The molecule has 17 heavy (non-hydrogen) atoms. The normalized spacial score (nSPS) is 33.5. The zero-order valence-corrected chi connectivity index (χ0v) is 10.4. The minimum Gasteiger partial charge on any atom is -0.393 e. The number of rotatable bonds is 4. The lowest BCUT2D eigenvalue weighted by molar-refractivity contribution is -0.0250. The molecule has 0 aromatic heterocycles. The fourth-order valence-corrected chi connectivity index (χ4v) is 2.52. The number of hydrogen-bond acceptors (Lipinski definition) is 4. The molecule has 98 valence electrons. The molecular weight excluding hydrogens is 218 g/mol. The SMILES string of the molecule is CC1CCC([C@@H](O)[C@H](O)CCC#N)CCC1O. The van der Waals surface area contributed by atoms with Gasteiger partial charge in [-0.15, -0.1) is 0 Å². The largest absolute Gasteiger partial charge is 0.393 e. The average Bonchev–Trinajstić information content (AvgIpc) is 2.49. The highest BCUT2D eigenvalue weighted by Gasteiger charge is 2.30. The van der Waals surface area contributed by atoms with Crippen molar-refractivity contribution < 1.29 is 15.3 Å². The minimum absolute atomic E-state index is 0.0447. The van der Waals surface area contributed by atoms with Crippen LogP contribution in [0, 0.1) is 23.2 Å². The van der Waals surface area contributed by atoms with Gasteiger partial charge in [-0.1, -0.05) is 6.92 Å². The van der Waals surface area contributed by atoms with Crippen molar-refractivity contribution in [2.75, 3.05) is 0 Å². The maximum atomic E-state index is 10.0. The molecule has 1 rings (SSSR count). The third-order valence-electron chi connectivity index (χ3n) is 3.91. The van der Waals surface area contributed by atoms with Gasteiger partial charge in [0.15, 0.2) is 0 Å². The Morgan fingerprint density at radius 2 is 1.88 bits per heavy atom. The van der Waals surface area contributed by atoms with Crippen molar-refractivity contribution in [2.24, 2.45) is 11.8 Å². The van der Waals surface area contributed by atoms with E-state index in [9.17, 15) is 15.3 Å². The van der Waals surface area contributed by atoms with Gasteiger partial charge in [-0.3, -0.25) is 0 Å². The third-order valence-corrected chi connectivity index (χ3v) is 3.91. The van der Waals surface area contributed by atoms with Crippen molar-refractivity contribution in [3.63, 3.8) is 0 Å². The zero-order valence-electron chi connectivity index (χ0n) is 10.4. The molecule has 1 aliphatic rings. The van der Waals surface area contributed by atoms with Crippen LogP contribution in [0.1, 0.15) is 45.4 Å². The number of aliphatic hydroxyl groups excluding tert-OH is 3. The van der Waals surface area contributed by atoms with Gasteiger partial charge in [-0.25, -0.2) is 0 Å². The van der Waals surface area contributed by atoms with Crippen LogP contribution in [-0.2, 0) is 0 Å². The molecule has 0 saturated heterocycles. The highest BCUT2D eigenvalue weighted by atomic mass is 16.3. The Hall–Kier alpha value is -0.630. The van der Waals surface area contributed by atoms with Gasteiger partial charge in [0.05, 0.1) is 24.4 Å². The first-order valence-corrected chi connectivity index (χ1v) is 6.47. The van der Waals surface area contributed by atoms with Crippen molar-refractivity contribution in [1.29, 1.82) is 5.26 Å². The second-order valence-electron chi connectivity index (χ2n) is 5.21. The molecule has 0 aromatic rings. The summed E-state index contributed by atoms with van der Waals surface area (Å²) in [6, 6.07) is 1.97. The van der Waals surface area contributed by atoms with Crippen molar-refractivity contribution in [3.8, 4) is 6.07 Å². The fraction of sp³-hybridized carbons (Fsp3) is 0.923. The Bertz CT molecular complexity index is 252. The van der Waals surface area contributed by atoms with E-state index in [0.29, 0.717) is 12.8 Å². The van der Waals surface area contributed by atoms with Crippen LogP contribution in [0.3, 0.4) is 0 Å². The lowest BCUT2D eigenvalue weighted by Crippen LogP contribution is -2.33. The molecule has 0 bridgehead atoms. The molecule has 5 atom stereocenters. The van der Waals surface area contributed by atoms with Gasteiger partial charge in [0.2, 0.25) is 0 Å². The number of nitriles is 1. The van der Waals surface area contributed by atoms with E-state index in [2.05, 4.69) is 0 Å². The fourth-order valence-electron chi connectivity index (χ4n) is 2.52. The molecule has 1 fully saturated rings. The summed E-state index contributed by atoms with van der Waals surface area (Å²) < 4.78 is 0. The van der Waals surface area contributed by atoms with Crippen molar-refractivity contribution in [3.05, 3.63) is 0 Å². The van der Waals surface area contributed by atoms with E-state index < -0.39 is 12.2 Å². The standard InChI is InChI=1S/C13H23NO3/c1-9-4-5-10(6-7-11(9)15)13(17)12(16)3-2-8-14/h9-13,15-17H,2-7H2,1H3/t9?,10?,11?,12-,13-/m1/s1. The van der Waals surface area contributed by atoms with E-state index in [0.717, 1.165) is 19.3 Å². The third kappa shape index (κ3) is 4.27. The Morgan fingerprint density at radius 3 is 2.53 bits per heavy atom. The molecule has 4 heteroatoms. The van der Waals surface area contributed by atoms with Gasteiger partial charge in [0, 0.05) is 6.42 Å². The topological polar surface area (TPSA) is 84.5 Å². The van der Waals surface area contributed by atoms with Gasteiger partial charge >= 0.3 is 0 Å². The van der Waals surface area contributed by atoms with E-state index in [4.69, 9.17) is 5.26 Å². The Morgan fingerprint density at radius 1 is 1.24 bits per heavy atom. The molecule has 4 nitrogen and oxygen atoms in total. The highest BCUT2D eigenvalue weighted by molar-refractivity contribution is 4.83. The first-order valence-electron chi connectivity index (χ1n) is 6.47.